The van der Waals surface area contributed by atoms with Crippen LogP contribution in [0.5, 0.6) is 0 Å². The summed E-state index contributed by atoms with van der Waals surface area (Å²) in [5, 5.41) is 3.31. The quantitative estimate of drug-likeness (QED) is 0.819. The summed E-state index contributed by atoms with van der Waals surface area (Å²) in [4.78, 5) is 37.8. The number of rotatable bonds is 1. The van der Waals surface area contributed by atoms with Gasteiger partial charge in [-0.25, -0.2) is 4.98 Å². The maximum atomic E-state index is 13.1. The molecule has 3 rings (SSSR count). The van der Waals surface area contributed by atoms with E-state index in [0.717, 1.165) is 42.9 Å². The molecule has 28 heavy (non-hydrogen) atoms. The Labute approximate surface area is 165 Å². The van der Waals surface area contributed by atoms with Gasteiger partial charge in [0.25, 0.3) is 5.91 Å². The molecule has 1 aliphatic heterocycles. The molecular formula is C21H27N5O2. The molecule has 2 bridgehead atoms. The average molecular weight is 381 g/mol. The summed E-state index contributed by atoms with van der Waals surface area (Å²) < 4.78 is 0. The number of carbonyl (C=O) groups excluding carboxylic acids is 2. The Morgan fingerprint density at radius 1 is 1.18 bits per heavy atom. The van der Waals surface area contributed by atoms with Crippen LogP contribution >= 0.6 is 0 Å². The van der Waals surface area contributed by atoms with Crippen LogP contribution in [-0.2, 0) is 11.2 Å². The lowest BCUT2D eigenvalue weighted by Crippen LogP contribution is -2.42. The Bertz CT molecular complexity index is 839. The van der Waals surface area contributed by atoms with Crippen molar-refractivity contribution in [2.45, 2.75) is 26.2 Å². The lowest BCUT2D eigenvalue weighted by Gasteiger charge is -2.26. The molecule has 2 aromatic heterocycles. The lowest BCUT2D eigenvalue weighted by atomic mass is 10.1. The van der Waals surface area contributed by atoms with E-state index in [2.05, 4.69) is 15.3 Å². The van der Waals surface area contributed by atoms with Crippen molar-refractivity contribution in [3.8, 4) is 0 Å². The molecule has 3 heterocycles. The molecule has 1 N–H and O–H groups in total. The second-order valence-electron chi connectivity index (χ2n) is 7.13. The van der Waals surface area contributed by atoms with E-state index in [1.165, 1.54) is 0 Å². The third-order valence-electron chi connectivity index (χ3n) is 4.93. The number of amides is 2. The van der Waals surface area contributed by atoms with Crippen LogP contribution in [0.4, 0.5) is 5.82 Å². The summed E-state index contributed by atoms with van der Waals surface area (Å²) in [5.41, 5.74) is 2.39. The molecular weight excluding hydrogens is 354 g/mol. The van der Waals surface area contributed by atoms with Crippen LogP contribution in [0.25, 0.3) is 0 Å². The molecule has 1 aliphatic rings. The molecule has 0 aliphatic carbocycles. The molecule has 0 spiro atoms. The zero-order valence-electron chi connectivity index (χ0n) is 16.5. The van der Waals surface area contributed by atoms with Gasteiger partial charge in [0.15, 0.2) is 0 Å². The fourth-order valence-electron chi connectivity index (χ4n) is 3.25. The topological polar surface area (TPSA) is 78.4 Å². The van der Waals surface area contributed by atoms with E-state index in [0.29, 0.717) is 18.7 Å². The van der Waals surface area contributed by atoms with E-state index < -0.39 is 0 Å². The van der Waals surface area contributed by atoms with E-state index in [1.807, 2.05) is 25.1 Å². The number of likely N-dealkylation sites (N-methyl/N-ethyl adjacent to an activating group) is 1. The highest BCUT2D eigenvalue weighted by Crippen LogP contribution is 2.13. The summed E-state index contributed by atoms with van der Waals surface area (Å²) in [6.45, 7) is 3.81. The maximum Gasteiger partial charge on any atom is 0.254 e. The summed E-state index contributed by atoms with van der Waals surface area (Å²) in [6.07, 6.45) is 5.59. The third kappa shape index (κ3) is 5.06. The summed E-state index contributed by atoms with van der Waals surface area (Å²) in [5.74, 6) is 0.676. The van der Waals surface area contributed by atoms with Crippen molar-refractivity contribution in [2.75, 3.05) is 38.5 Å². The first-order valence-electron chi connectivity index (χ1n) is 9.68. The number of aryl methyl sites for hydroxylation is 2. The molecule has 0 saturated heterocycles. The Balaban J connectivity index is 1.80. The molecule has 0 atom stereocenters. The van der Waals surface area contributed by atoms with Gasteiger partial charge in [0.1, 0.15) is 12.4 Å². The van der Waals surface area contributed by atoms with E-state index in [9.17, 15) is 9.59 Å². The highest BCUT2D eigenvalue weighted by molar-refractivity contribution is 5.97. The van der Waals surface area contributed by atoms with Crippen LogP contribution in [0.3, 0.4) is 0 Å². The number of hydrogen-bond acceptors (Lipinski definition) is 5. The maximum absolute atomic E-state index is 13.1. The minimum absolute atomic E-state index is 0.0474. The average Bonchev–Trinajstić information content (AvgIpc) is 2.70. The van der Waals surface area contributed by atoms with Gasteiger partial charge in [0.05, 0.1) is 0 Å². The number of aromatic nitrogens is 2. The van der Waals surface area contributed by atoms with E-state index >= 15 is 0 Å². The van der Waals surface area contributed by atoms with Gasteiger partial charge in [-0.05, 0) is 49.9 Å². The second-order valence-corrected chi connectivity index (χ2v) is 7.13. The number of nitrogens with one attached hydrogen (secondary N) is 1. The normalized spacial score (nSPS) is 16.3. The molecule has 7 nitrogen and oxygen atoms in total. The molecule has 2 amide bonds. The number of fused-ring (bicyclic) bond motifs is 2. The van der Waals surface area contributed by atoms with Crippen molar-refractivity contribution in [3.63, 3.8) is 0 Å². The van der Waals surface area contributed by atoms with Crippen molar-refractivity contribution in [1.82, 2.24) is 19.8 Å². The Kier molecular flexibility index (Phi) is 6.57. The van der Waals surface area contributed by atoms with Crippen LogP contribution in [0.15, 0.2) is 36.7 Å². The van der Waals surface area contributed by atoms with Gasteiger partial charge in [-0.15, -0.1) is 0 Å². The first-order chi connectivity index (χ1) is 13.5. The predicted molar refractivity (Wildman–Crippen MR) is 108 cm³/mol. The Hall–Kier alpha value is -2.96. The molecule has 0 radical (unpaired) electrons. The van der Waals surface area contributed by atoms with E-state index in [-0.39, 0.29) is 18.4 Å². The van der Waals surface area contributed by atoms with Gasteiger partial charge in [-0.3, -0.25) is 14.6 Å². The van der Waals surface area contributed by atoms with Gasteiger partial charge >= 0.3 is 0 Å². The SMILES string of the molecule is Cc1cnccc1C(=O)N1CCCc2cccc(n2)NCCCN(C)C(=O)C1. The van der Waals surface area contributed by atoms with E-state index in [4.69, 9.17) is 0 Å². The van der Waals surface area contributed by atoms with Gasteiger partial charge in [0, 0.05) is 50.3 Å². The zero-order chi connectivity index (χ0) is 19.9. The Morgan fingerprint density at radius 2 is 2.04 bits per heavy atom. The summed E-state index contributed by atoms with van der Waals surface area (Å²) in [7, 11) is 1.79. The molecule has 0 unspecified atom stereocenters. The minimum Gasteiger partial charge on any atom is -0.370 e. The van der Waals surface area contributed by atoms with Crippen molar-refractivity contribution < 1.29 is 9.59 Å². The summed E-state index contributed by atoms with van der Waals surface area (Å²) >= 11 is 0. The smallest absolute Gasteiger partial charge is 0.254 e. The fourth-order valence-corrected chi connectivity index (χ4v) is 3.25. The number of pyridine rings is 2. The molecule has 7 heteroatoms. The van der Waals surface area contributed by atoms with Crippen molar-refractivity contribution in [3.05, 3.63) is 53.5 Å². The van der Waals surface area contributed by atoms with Crippen molar-refractivity contribution >= 4 is 17.6 Å². The summed E-state index contributed by atoms with van der Waals surface area (Å²) in [6, 6.07) is 7.66. The number of hydrogen-bond donors (Lipinski definition) is 1. The number of carbonyl (C=O) groups is 2. The highest BCUT2D eigenvalue weighted by Gasteiger charge is 2.22. The zero-order valence-corrected chi connectivity index (χ0v) is 16.5. The van der Waals surface area contributed by atoms with Gasteiger partial charge < -0.3 is 15.1 Å². The van der Waals surface area contributed by atoms with Crippen LogP contribution in [-0.4, -0.2) is 64.8 Å². The molecule has 148 valence electrons. The molecule has 0 saturated carbocycles. The fraction of sp³-hybridized carbons (Fsp3) is 0.429. The Morgan fingerprint density at radius 3 is 2.86 bits per heavy atom. The first-order valence-corrected chi connectivity index (χ1v) is 9.68. The third-order valence-corrected chi connectivity index (χ3v) is 4.93. The van der Waals surface area contributed by atoms with Crippen molar-refractivity contribution in [2.24, 2.45) is 0 Å². The van der Waals surface area contributed by atoms with Gasteiger partial charge in [-0.2, -0.15) is 0 Å². The first kappa shape index (κ1) is 19.8. The van der Waals surface area contributed by atoms with Crippen LogP contribution in [0.1, 0.15) is 34.5 Å². The van der Waals surface area contributed by atoms with Crippen LogP contribution in [0.2, 0.25) is 0 Å². The van der Waals surface area contributed by atoms with Crippen LogP contribution in [0, 0.1) is 6.92 Å². The highest BCUT2D eigenvalue weighted by atomic mass is 16.2. The minimum atomic E-state index is -0.128. The van der Waals surface area contributed by atoms with Crippen molar-refractivity contribution in [1.29, 1.82) is 0 Å². The predicted octanol–water partition coefficient (Wildman–Crippen LogP) is 2.13. The van der Waals surface area contributed by atoms with Gasteiger partial charge in [-0.1, -0.05) is 6.07 Å². The molecule has 0 fully saturated rings. The standard InChI is InChI=1S/C21H27N5O2/c1-16-14-22-11-9-18(16)21(28)26-13-4-7-17-6-3-8-19(24-17)23-10-5-12-25(2)20(27)15-26/h3,6,8-9,11,14H,4-5,7,10,12-13,15H2,1-2H3,(H,23,24). The lowest BCUT2D eigenvalue weighted by molar-refractivity contribution is -0.130. The number of anilines is 1. The monoisotopic (exact) mass is 381 g/mol. The largest absolute Gasteiger partial charge is 0.370 e. The molecule has 0 aromatic carbocycles. The number of nitrogens with zero attached hydrogens (tertiary/aromatic N) is 4. The van der Waals surface area contributed by atoms with Crippen LogP contribution < -0.4 is 5.32 Å². The van der Waals surface area contributed by atoms with Gasteiger partial charge in [0.2, 0.25) is 5.91 Å². The van der Waals surface area contributed by atoms with E-state index in [1.54, 1.807) is 35.3 Å². The molecule has 2 aromatic rings. The second kappa shape index (κ2) is 9.30.